The molecular weight excluding hydrogens is 246 g/mol. The van der Waals surface area contributed by atoms with Crippen LogP contribution in [0.25, 0.3) is 10.8 Å². The SMILES string of the molecule is CCC(CO)Nc1nccc2c([N+](=O)[O-])cccc12. The molecule has 6 heteroatoms. The molecule has 0 bridgehead atoms. The van der Waals surface area contributed by atoms with Crippen LogP contribution in [0.5, 0.6) is 0 Å². The molecule has 0 aliphatic carbocycles. The van der Waals surface area contributed by atoms with E-state index in [1.807, 2.05) is 6.92 Å². The number of nitrogens with one attached hydrogen (secondary N) is 1. The van der Waals surface area contributed by atoms with Gasteiger partial charge in [0.15, 0.2) is 0 Å². The second-order valence-electron chi connectivity index (χ2n) is 4.22. The van der Waals surface area contributed by atoms with Crippen molar-refractivity contribution in [2.24, 2.45) is 0 Å². The van der Waals surface area contributed by atoms with E-state index in [2.05, 4.69) is 10.3 Å². The van der Waals surface area contributed by atoms with Crippen LogP contribution in [0.2, 0.25) is 0 Å². The van der Waals surface area contributed by atoms with Gasteiger partial charge in [0.1, 0.15) is 5.82 Å². The van der Waals surface area contributed by atoms with Gasteiger partial charge < -0.3 is 10.4 Å². The van der Waals surface area contributed by atoms with Crippen molar-refractivity contribution < 1.29 is 10.0 Å². The van der Waals surface area contributed by atoms with Gasteiger partial charge in [0.05, 0.1) is 23.0 Å². The lowest BCUT2D eigenvalue weighted by Gasteiger charge is -2.16. The lowest BCUT2D eigenvalue weighted by atomic mass is 10.1. The minimum Gasteiger partial charge on any atom is -0.394 e. The van der Waals surface area contributed by atoms with Crippen LogP contribution in [0.4, 0.5) is 11.5 Å². The highest BCUT2D eigenvalue weighted by atomic mass is 16.6. The Morgan fingerprint density at radius 2 is 2.21 bits per heavy atom. The van der Waals surface area contributed by atoms with Gasteiger partial charge in [0, 0.05) is 17.6 Å². The van der Waals surface area contributed by atoms with Crippen molar-refractivity contribution in [3.8, 4) is 0 Å². The summed E-state index contributed by atoms with van der Waals surface area (Å²) in [5.41, 5.74) is 0.0556. The largest absolute Gasteiger partial charge is 0.394 e. The zero-order chi connectivity index (χ0) is 13.8. The highest BCUT2D eigenvalue weighted by Gasteiger charge is 2.14. The van der Waals surface area contributed by atoms with Gasteiger partial charge in [-0.05, 0) is 12.5 Å². The molecule has 0 saturated carbocycles. The third kappa shape index (κ3) is 2.63. The number of nitro groups is 1. The average molecular weight is 261 g/mol. The third-order valence-corrected chi connectivity index (χ3v) is 3.03. The first kappa shape index (κ1) is 13.2. The number of hydrogen-bond donors (Lipinski definition) is 2. The van der Waals surface area contributed by atoms with Crippen molar-refractivity contribution in [1.29, 1.82) is 0 Å². The molecule has 0 saturated heterocycles. The van der Waals surface area contributed by atoms with E-state index >= 15 is 0 Å². The monoisotopic (exact) mass is 261 g/mol. The molecule has 1 unspecified atom stereocenters. The van der Waals surface area contributed by atoms with Gasteiger partial charge in [0.25, 0.3) is 5.69 Å². The Labute approximate surface area is 110 Å². The molecule has 0 spiro atoms. The standard InChI is InChI=1S/C13H15N3O3/c1-2-9(8-17)15-13-11-4-3-5-12(16(18)19)10(11)6-7-14-13/h3-7,9,17H,2,8H2,1H3,(H,14,15). The van der Waals surface area contributed by atoms with E-state index < -0.39 is 4.92 Å². The lowest BCUT2D eigenvalue weighted by molar-refractivity contribution is -0.383. The summed E-state index contributed by atoms with van der Waals surface area (Å²) in [5.74, 6) is 0.558. The molecule has 6 nitrogen and oxygen atoms in total. The molecule has 0 radical (unpaired) electrons. The Bertz CT molecular complexity index is 597. The first-order chi connectivity index (χ1) is 9.17. The zero-order valence-electron chi connectivity index (χ0n) is 10.5. The molecule has 2 N–H and O–H groups in total. The lowest BCUT2D eigenvalue weighted by Crippen LogP contribution is -2.23. The van der Waals surface area contributed by atoms with Crippen molar-refractivity contribution in [3.63, 3.8) is 0 Å². The quantitative estimate of drug-likeness (QED) is 0.637. The number of anilines is 1. The molecule has 1 atom stereocenters. The number of non-ortho nitro benzene ring substituents is 1. The smallest absolute Gasteiger partial charge is 0.277 e. The van der Waals surface area contributed by atoms with Crippen molar-refractivity contribution in [3.05, 3.63) is 40.6 Å². The predicted octanol–water partition coefficient (Wildman–Crippen LogP) is 2.33. The Morgan fingerprint density at radius 3 is 2.84 bits per heavy atom. The molecule has 1 heterocycles. The number of fused-ring (bicyclic) bond motifs is 1. The second kappa shape index (κ2) is 5.62. The van der Waals surface area contributed by atoms with Crippen molar-refractivity contribution in [1.82, 2.24) is 4.98 Å². The molecule has 1 aromatic carbocycles. The summed E-state index contributed by atoms with van der Waals surface area (Å²) in [5, 5.41) is 24.5. The molecule has 19 heavy (non-hydrogen) atoms. The molecule has 0 fully saturated rings. The minimum absolute atomic E-state index is 0.0104. The first-order valence-corrected chi connectivity index (χ1v) is 6.07. The van der Waals surface area contributed by atoms with Gasteiger partial charge in [-0.15, -0.1) is 0 Å². The number of nitro benzene ring substituents is 1. The molecule has 0 aliphatic rings. The number of hydrogen-bond acceptors (Lipinski definition) is 5. The zero-order valence-corrected chi connectivity index (χ0v) is 10.5. The fraction of sp³-hybridized carbons (Fsp3) is 0.308. The van der Waals surface area contributed by atoms with Crippen LogP contribution in [0.1, 0.15) is 13.3 Å². The molecule has 100 valence electrons. The Kier molecular flexibility index (Phi) is 3.91. The number of pyridine rings is 1. The molecule has 0 aliphatic heterocycles. The average Bonchev–Trinajstić information content (AvgIpc) is 2.44. The Hall–Kier alpha value is -2.21. The molecule has 2 rings (SSSR count). The summed E-state index contributed by atoms with van der Waals surface area (Å²) >= 11 is 0. The van der Waals surface area contributed by atoms with Crippen LogP contribution >= 0.6 is 0 Å². The van der Waals surface area contributed by atoms with E-state index in [9.17, 15) is 15.2 Å². The van der Waals surface area contributed by atoms with Gasteiger partial charge in [-0.2, -0.15) is 0 Å². The highest BCUT2D eigenvalue weighted by Crippen LogP contribution is 2.29. The van der Waals surface area contributed by atoms with Crippen molar-refractivity contribution in [2.75, 3.05) is 11.9 Å². The van der Waals surface area contributed by atoms with Crippen LogP contribution in [-0.2, 0) is 0 Å². The number of nitrogens with zero attached hydrogens (tertiary/aromatic N) is 2. The van der Waals surface area contributed by atoms with Crippen LogP contribution in [0.15, 0.2) is 30.5 Å². The maximum absolute atomic E-state index is 11.0. The highest BCUT2D eigenvalue weighted by molar-refractivity contribution is 5.97. The van der Waals surface area contributed by atoms with E-state index in [-0.39, 0.29) is 18.3 Å². The van der Waals surface area contributed by atoms with E-state index in [4.69, 9.17) is 0 Å². The molecular formula is C13H15N3O3. The summed E-state index contributed by atoms with van der Waals surface area (Å²) in [6.07, 6.45) is 2.27. The van der Waals surface area contributed by atoms with Gasteiger partial charge in [-0.1, -0.05) is 19.1 Å². The minimum atomic E-state index is -0.407. The number of benzene rings is 1. The maximum Gasteiger partial charge on any atom is 0.277 e. The summed E-state index contributed by atoms with van der Waals surface area (Å²) in [6, 6.07) is 6.39. The van der Waals surface area contributed by atoms with E-state index in [0.717, 1.165) is 6.42 Å². The van der Waals surface area contributed by atoms with Gasteiger partial charge >= 0.3 is 0 Å². The predicted molar refractivity (Wildman–Crippen MR) is 73.2 cm³/mol. The van der Waals surface area contributed by atoms with Gasteiger partial charge in [0.2, 0.25) is 0 Å². The van der Waals surface area contributed by atoms with Crippen molar-refractivity contribution in [2.45, 2.75) is 19.4 Å². The Morgan fingerprint density at radius 1 is 1.42 bits per heavy atom. The maximum atomic E-state index is 11.0. The van der Waals surface area contributed by atoms with Gasteiger partial charge in [-0.3, -0.25) is 10.1 Å². The Balaban J connectivity index is 2.51. The van der Waals surface area contributed by atoms with Gasteiger partial charge in [-0.25, -0.2) is 4.98 Å². The van der Waals surface area contributed by atoms with E-state index in [0.29, 0.717) is 16.6 Å². The molecule has 2 aromatic rings. The topological polar surface area (TPSA) is 88.3 Å². The number of aliphatic hydroxyl groups is 1. The van der Waals surface area contributed by atoms with Crippen LogP contribution < -0.4 is 5.32 Å². The number of aliphatic hydroxyl groups excluding tert-OH is 1. The normalized spacial score (nSPS) is 12.3. The van der Waals surface area contributed by atoms with Crippen LogP contribution in [0, 0.1) is 10.1 Å². The van der Waals surface area contributed by atoms with Crippen LogP contribution in [0.3, 0.4) is 0 Å². The first-order valence-electron chi connectivity index (χ1n) is 6.07. The number of rotatable bonds is 5. The summed E-state index contributed by atoms with van der Waals surface area (Å²) in [4.78, 5) is 14.8. The van der Waals surface area contributed by atoms with Crippen LogP contribution in [-0.4, -0.2) is 27.7 Å². The summed E-state index contributed by atoms with van der Waals surface area (Å²) < 4.78 is 0. The summed E-state index contributed by atoms with van der Waals surface area (Å²) in [6.45, 7) is 1.94. The molecule has 0 amide bonds. The third-order valence-electron chi connectivity index (χ3n) is 3.03. The van der Waals surface area contributed by atoms with Crippen molar-refractivity contribution >= 4 is 22.3 Å². The number of aromatic nitrogens is 1. The molecule has 1 aromatic heterocycles. The fourth-order valence-corrected chi connectivity index (χ4v) is 1.93. The second-order valence-corrected chi connectivity index (χ2v) is 4.22. The summed E-state index contributed by atoms with van der Waals surface area (Å²) in [7, 11) is 0. The fourth-order valence-electron chi connectivity index (χ4n) is 1.93. The van der Waals surface area contributed by atoms with E-state index in [1.165, 1.54) is 12.3 Å². The van der Waals surface area contributed by atoms with E-state index in [1.54, 1.807) is 18.2 Å².